The highest BCUT2D eigenvalue weighted by atomic mass is 79.9. The Labute approximate surface area is 75.8 Å². The summed E-state index contributed by atoms with van der Waals surface area (Å²) in [6.07, 6.45) is 2.58. The van der Waals surface area contributed by atoms with Crippen LogP contribution in [-0.2, 0) is 6.42 Å². The summed E-state index contributed by atoms with van der Waals surface area (Å²) in [6, 6.07) is 8.76. The maximum absolute atomic E-state index is 3.48. The van der Waals surface area contributed by atoms with Crippen LogP contribution in [0.15, 0.2) is 24.3 Å². The molecule has 0 aromatic heterocycles. The van der Waals surface area contributed by atoms with Crippen molar-refractivity contribution in [2.24, 2.45) is 0 Å². The van der Waals surface area contributed by atoms with Crippen molar-refractivity contribution in [2.45, 2.75) is 18.8 Å². The first-order chi connectivity index (χ1) is 5.42. The third kappa shape index (κ3) is 1.22. The molecule has 0 aliphatic heterocycles. The van der Waals surface area contributed by atoms with Gasteiger partial charge in [-0.3, -0.25) is 0 Å². The van der Waals surface area contributed by atoms with E-state index in [-0.39, 0.29) is 0 Å². The first kappa shape index (κ1) is 7.35. The maximum Gasteiger partial charge on any atom is 0.00372 e. The van der Waals surface area contributed by atoms with Crippen molar-refractivity contribution in [3.8, 4) is 0 Å². The van der Waals surface area contributed by atoms with Gasteiger partial charge in [0.1, 0.15) is 0 Å². The van der Waals surface area contributed by atoms with Gasteiger partial charge in [-0.25, -0.2) is 0 Å². The van der Waals surface area contributed by atoms with Gasteiger partial charge in [0.05, 0.1) is 0 Å². The van der Waals surface area contributed by atoms with Crippen LogP contribution >= 0.6 is 15.9 Å². The highest BCUT2D eigenvalue weighted by molar-refractivity contribution is 9.09. The van der Waals surface area contributed by atoms with E-state index in [9.17, 15) is 0 Å². The lowest BCUT2D eigenvalue weighted by molar-refractivity contribution is 0.595. The Bertz CT molecular complexity index is 255. The normalized spacial score (nSPS) is 20.6. The van der Waals surface area contributed by atoms with Crippen LogP contribution < -0.4 is 0 Å². The fourth-order valence-electron chi connectivity index (χ4n) is 1.75. The van der Waals surface area contributed by atoms with Crippen molar-refractivity contribution in [3.63, 3.8) is 0 Å². The zero-order valence-electron chi connectivity index (χ0n) is 6.39. The summed E-state index contributed by atoms with van der Waals surface area (Å²) in [5, 5.41) is 1.13. The molecule has 58 valence electrons. The van der Waals surface area contributed by atoms with E-state index in [1.165, 1.54) is 12.8 Å². The Morgan fingerprint density at radius 2 is 2.18 bits per heavy atom. The quantitative estimate of drug-likeness (QED) is 0.659. The number of alkyl halides is 1. The minimum Gasteiger partial charge on any atom is -0.0928 e. The summed E-state index contributed by atoms with van der Waals surface area (Å²) in [7, 11) is 0. The molecule has 0 fully saturated rings. The Balaban J connectivity index is 2.16. The molecule has 1 atom stereocenters. The molecule has 1 heteroatoms. The van der Waals surface area contributed by atoms with E-state index in [0.29, 0.717) is 0 Å². The number of benzene rings is 1. The molecule has 1 aliphatic rings. The zero-order valence-corrected chi connectivity index (χ0v) is 7.97. The van der Waals surface area contributed by atoms with Gasteiger partial charge in [-0.05, 0) is 29.9 Å². The maximum atomic E-state index is 3.48. The third-order valence-electron chi connectivity index (χ3n) is 2.42. The molecule has 0 N–H and O–H groups in total. The van der Waals surface area contributed by atoms with Crippen LogP contribution in [0, 0.1) is 0 Å². The van der Waals surface area contributed by atoms with E-state index in [1.54, 1.807) is 11.1 Å². The van der Waals surface area contributed by atoms with E-state index in [1.807, 2.05) is 0 Å². The summed E-state index contributed by atoms with van der Waals surface area (Å²) >= 11 is 3.48. The fraction of sp³-hybridized carbons (Fsp3) is 0.400. The standard InChI is InChI=1S/C10H11Br/c11-6-5-9-7-8-3-1-2-4-10(8)9/h1-4,9H,5-7H2. The number of fused-ring (bicyclic) bond motifs is 1. The molecule has 1 aromatic rings. The first-order valence-electron chi connectivity index (χ1n) is 4.05. The average Bonchev–Trinajstić information content (AvgIpc) is 2.01. The van der Waals surface area contributed by atoms with Crippen molar-refractivity contribution in [2.75, 3.05) is 5.33 Å². The number of rotatable bonds is 2. The fourth-order valence-corrected chi connectivity index (χ4v) is 2.30. The van der Waals surface area contributed by atoms with Crippen molar-refractivity contribution in [3.05, 3.63) is 35.4 Å². The van der Waals surface area contributed by atoms with E-state index in [4.69, 9.17) is 0 Å². The predicted molar refractivity (Wildman–Crippen MR) is 51.3 cm³/mol. The molecule has 0 spiro atoms. The lowest BCUT2D eigenvalue weighted by Gasteiger charge is -2.29. The Morgan fingerprint density at radius 3 is 2.91 bits per heavy atom. The number of halogens is 1. The molecular formula is C10H11Br. The summed E-state index contributed by atoms with van der Waals surface area (Å²) in [4.78, 5) is 0. The minimum atomic E-state index is 0.838. The molecule has 1 unspecified atom stereocenters. The average molecular weight is 211 g/mol. The van der Waals surface area contributed by atoms with Gasteiger partial charge in [0.25, 0.3) is 0 Å². The van der Waals surface area contributed by atoms with Crippen LogP contribution in [-0.4, -0.2) is 5.33 Å². The second-order valence-corrected chi connectivity index (χ2v) is 3.87. The molecule has 0 saturated heterocycles. The predicted octanol–water partition coefficient (Wildman–Crippen LogP) is 3.11. The van der Waals surface area contributed by atoms with Gasteiger partial charge in [-0.2, -0.15) is 0 Å². The van der Waals surface area contributed by atoms with E-state index in [0.717, 1.165) is 11.2 Å². The second-order valence-electron chi connectivity index (χ2n) is 3.08. The van der Waals surface area contributed by atoms with Gasteiger partial charge in [0.2, 0.25) is 0 Å². The molecule has 0 amide bonds. The SMILES string of the molecule is BrCCC1Cc2ccccc21. The molecule has 1 aliphatic carbocycles. The lowest BCUT2D eigenvalue weighted by atomic mass is 9.76. The van der Waals surface area contributed by atoms with Crippen LogP contribution in [0.2, 0.25) is 0 Å². The van der Waals surface area contributed by atoms with E-state index < -0.39 is 0 Å². The Kier molecular flexibility index (Phi) is 1.99. The van der Waals surface area contributed by atoms with Gasteiger partial charge in [-0.15, -0.1) is 0 Å². The lowest BCUT2D eigenvalue weighted by Crippen LogP contribution is -2.16. The van der Waals surface area contributed by atoms with E-state index in [2.05, 4.69) is 40.2 Å². The number of hydrogen-bond donors (Lipinski definition) is 0. The highest BCUT2D eigenvalue weighted by Crippen LogP contribution is 2.37. The molecule has 0 nitrogen and oxygen atoms in total. The van der Waals surface area contributed by atoms with Gasteiger partial charge in [0.15, 0.2) is 0 Å². The molecule has 0 radical (unpaired) electrons. The minimum absolute atomic E-state index is 0.838. The van der Waals surface area contributed by atoms with Crippen LogP contribution in [0.3, 0.4) is 0 Å². The Hall–Kier alpha value is -0.300. The van der Waals surface area contributed by atoms with Crippen molar-refractivity contribution < 1.29 is 0 Å². The van der Waals surface area contributed by atoms with Gasteiger partial charge >= 0.3 is 0 Å². The monoisotopic (exact) mass is 210 g/mol. The molecule has 0 bridgehead atoms. The van der Waals surface area contributed by atoms with Crippen LogP contribution in [0.25, 0.3) is 0 Å². The van der Waals surface area contributed by atoms with Crippen LogP contribution in [0.1, 0.15) is 23.5 Å². The summed E-state index contributed by atoms with van der Waals surface area (Å²) in [5.74, 6) is 0.838. The summed E-state index contributed by atoms with van der Waals surface area (Å²) < 4.78 is 0. The third-order valence-corrected chi connectivity index (χ3v) is 2.88. The second kappa shape index (κ2) is 2.98. The molecule has 0 heterocycles. The summed E-state index contributed by atoms with van der Waals surface area (Å²) in [5.41, 5.74) is 3.13. The molecule has 1 aromatic carbocycles. The van der Waals surface area contributed by atoms with E-state index >= 15 is 0 Å². The largest absolute Gasteiger partial charge is 0.0928 e. The summed E-state index contributed by atoms with van der Waals surface area (Å²) in [6.45, 7) is 0. The van der Waals surface area contributed by atoms with Gasteiger partial charge in [-0.1, -0.05) is 40.2 Å². The molecular weight excluding hydrogens is 200 g/mol. The molecule has 11 heavy (non-hydrogen) atoms. The number of hydrogen-bond acceptors (Lipinski definition) is 0. The van der Waals surface area contributed by atoms with Crippen molar-refractivity contribution in [1.82, 2.24) is 0 Å². The zero-order chi connectivity index (χ0) is 7.68. The smallest absolute Gasteiger partial charge is 0.00372 e. The topological polar surface area (TPSA) is 0 Å². The van der Waals surface area contributed by atoms with Crippen molar-refractivity contribution >= 4 is 15.9 Å². The highest BCUT2D eigenvalue weighted by Gasteiger charge is 2.23. The van der Waals surface area contributed by atoms with Gasteiger partial charge in [0, 0.05) is 5.33 Å². The van der Waals surface area contributed by atoms with Crippen LogP contribution in [0.5, 0.6) is 0 Å². The Morgan fingerprint density at radius 1 is 1.36 bits per heavy atom. The van der Waals surface area contributed by atoms with Crippen molar-refractivity contribution in [1.29, 1.82) is 0 Å². The molecule has 0 saturated carbocycles. The first-order valence-corrected chi connectivity index (χ1v) is 5.17. The molecule has 2 rings (SSSR count). The van der Waals surface area contributed by atoms with Gasteiger partial charge < -0.3 is 0 Å². The van der Waals surface area contributed by atoms with Crippen LogP contribution in [0.4, 0.5) is 0 Å².